The van der Waals surface area contributed by atoms with Gasteiger partial charge in [0, 0.05) is 6.42 Å². The zero-order valence-corrected chi connectivity index (χ0v) is 17.5. The zero-order chi connectivity index (χ0) is 21.7. The number of aliphatic hydroxyl groups is 1. The second-order valence-electron chi connectivity index (χ2n) is 8.93. The first-order valence-corrected chi connectivity index (χ1v) is 10.9. The molecule has 0 radical (unpaired) electrons. The molecule has 0 unspecified atom stereocenters. The largest absolute Gasteiger partial charge is 0.481 e. The molecule has 2 N–H and O–H groups in total. The number of fused-ring (bicyclic) bond motifs is 1. The maximum Gasteiger partial charge on any atom is 0.397 e. The van der Waals surface area contributed by atoms with Crippen molar-refractivity contribution in [3.63, 3.8) is 0 Å². The van der Waals surface area contributed by atoms with Gasteiger partial charge in [0.25, 0.3) is 0 Å². The summed E-state index contributed by atoms with van der Waals surface area (Å²) in [4.78, 5) is 10.6. The Labute approximate surface area is 171 Å². The smallest absolute Gasteiger partial charge is 0.397 e. The van der Waals surface area contributed by atoms with Crippen LogP contribution in [0.15, 0.2) is 12.2 Å². The van der Waals surface area contributed by atoms with Gasteiger partial charge in [0.1, 0.15) is 0 Å². The van der Waals surface area contributed by atoms with Gasteiger partial charge in [0.05, 0.1) is 23.7 Å². The normalized spacial score (nSPS) is 30.4. The average Bonchev–Trinajstić information content (AvgIpc) is 3.20. The fourth-order valence-electron chi connectivity index (χ4n) is 4.70. The number of aliphatic hydroxyl groups excluding tert-OH is 1. The summed E-state index contributed by atoms with van der Waals surface area (Å²) in [5, 5.41) is 19.1. The number of ether oxygens (including phenoxy) is 1. The SMILES string of the molecule is CCCC[C@](C)([C@H](O)C=C[C@H]1CC[C@@H]2O[C@@H](CCCCC(=O)O)C[C@@H]21)C(F)(F)F. The Hall–Kier alpha value is -1.08. The van der Waals surface area contributed by atoms with Crippen LogP contribution in [-0.2, 0) is 9.53 Å². The lowest BCUT2D eigenvalue weighted by Crippen LogP contribution is -2.44. The summed E-state index contributed by atoms with van der Waals surface area (Å²) < 4.78 is 46.9. The van der Waals surface area contributed by atoms with E-state index < -0.39 is 23.7 Å². The van der Waals surface area contributed by atoms with Crippen molar-refractivity contribution in [2.24, 2.45) is 17.3 Å². The Morgan fingerprint density at radius 1 is 1.24 bits per heavy atom. The number of unbranched alkanes of at least 4 members (excludes halogenated alkanes) is 2. The second kappa shape index (κ2) is 10.3. The minimum absolute atomic E-state index is 0.0866. The van der Waals surface area contributed by atoms with Crippen LogP contribution in [0.2, 0.25) is 0 Å². The molecule has 0 aromatic rings. The molecule has 0 amide bonds. The number of rotatable bonds is 11. The van der Waals surface area contributed by atoms with E-state index in [1.54, 1.807) is 6.08 Å². The zero-order valence-electron chi connectivity index (χ0n) is 17.5. The molecule has 0 bridgehead atoms. The van der Waals surface area contributed by atoms with Gasteiger partial charge in [-0.2, -0.15) is 13.2 Å². The van der Waals surface area contributed by atoms with Gasteiger partial charge in [-0.05, 0) is 57.3 Å². The highest BCUT2D eigenvalue weighted by Gasteiger charge is 2.54. The highest BCUT2D eigenvalue weighted by Crippen LogP contribution is 2.47. The molecular weight excluding hydrogens is 385 g/mol. The molecular formula is C22H35F3O4. The summed E-state index contributed by atoms with van der Waals surface area (Å²) in [5.41, 5.74) is -2.13. The number of alkyl halides is 3. The molecule has 2 aliphatic rings. The van der Waals surface area contributed by atoms with Gasteiger partial charge in [-0.15, -0.1) is 0 Å². The first-order valence-electron chi connectivity index (χ1n) is 10.9. The molecule has 7 heteroatoms. The van der Waals surface area contributed by atoms with Crippen LogP contribution in [0.25, 0.3) is 0 Å². The molecule has 1 saturated carbocycles. The molecule has 0 aromatic carbocycles. The Morgan fingerprint density at radius 2 is 1.97 bits per heavy atom. The van der Waals surface area contributed by atoms with Crippen molar-refractivity contribution in [3.05, 3.63) is 12.2 Å². The second-order valence-corrected chi connectivity index (χ2v) is 8.93. The van der Waals surface area contributed by atoms with E-state index in [9.17, 15) is 23.1 Å². The fraction of sp³-hybridized carbons (Fsp3) is 0.864. The van der Waals surface area contributed by atoms with Crippen LogP contribution >= 0.6 is 0 Å². The molecule has 2 rings (SSSR count). The van der Waals surface area contributed by atoms with Crippen LogP contribution in [0.1, 0.15) is 78.1 Å². The molecule has 4 nitrogen and oxygen atoms in total. The van der Waals surface area contributed by atoms with Crippen molar-refractivity contribution in [3.8, 4) is 0 Å². The van der Waals surface area contributed by atoms with Gasteiger partial charge in [-0.25, -0.2) is 0 Å². The summed E-state index contributed by atoms with van der Waals surface area (Å²) in [6.45, 7) is 2.96. The van der Waals surface area contributed by atoms with Crippen LogP contribution in [-0.4, -0.2) is 40.7 Å². The molecule has 1 aliphatic heterocycles. The van der Waals surface area contributed by atoms with Crippen molar-refractivity contribution in [2.75, 3.05) is 0 Å². The van der Waals surface area contributed by atoms with E-state index in [4.69, 9.17) is 9.84 Å². The third kappa shape index (κ3) is 6.20. The Kier molecular flexibility index (Phi) is 8.59. The van der Waals surface area contributed by atoms with Crippen LogP contribution in [0, 0.1) is 17.3 Å². The van der Waals surface area contributed by atoms with Crippen LogP contribution in [0.5, 0.6) is 0 Å². The monoisotopic (exact) mass is 420 g/mol. The summed E-state index contributed by atoms with van der Waals surface area (Å²) in [6, 6.07) is 0. The van der Waals surface area contributed by atoms with Gasteiger partial charge in [-0.1, -0.05) is 38.3 Å². The fourth-order valence-corrected chi connectivity index (χ4v) is 4.70. The van der Waals surface area contributed by atoms with E-state index in [0.29, 0.717) is 19.3 Å². The minimum atomic E-state index is -4.46. The summed E-state index contributed by atoms with van der Waals surface area (Å²) in [7, 11) is 0. The summed E-state index contributed by atoms with van der Waals surface area (Å²) in [5.74, 6) is -0.388. The van der Waals surface area contributed by atoms with E-state index in [-0.39, 0.29) is 36.9 Å². The molecule has 0 aromatic heterocycles. The summed E-state index contributed by atoms with van der Waals surface area (Å²) >= 11 is 0. The maximum atomic E-state index is 13.6. The van der Waals surface area contributed by atoms with Crippen molar-refractivity contribution in [1.82, 2.24) is 0 Å². The topological polar surface area (TPSA) is 66.8 Å². The predicted molar refractivity (Wildman–Crippen MR) is 104 cm³/mol. The Balaban J connectivity index is 1.91. The number of hydrogen-bond donors (Lipinski definition) is 2. The molecule has 29 heavy (non-hydrogen) atoms. The highest BCUT2D eigenvalue weighted by molar-refractivity contribution is 5.66. The lowest BCUT2D eigenvalue weighted by molar-refractivity contribution is -0.244. The maximum absolute atomic E-state index is 13.6. The van der Waals surface area contributed by atoms with Crippen LogP contribution < -0.4 is 0 Å². The first-order chi connectivity index (χ1) is 13.6. The number of hydrogen-bond acceptors (Lipinski definition) is 3. The molecule has 6 atom stereocenters. The first kappa shape index (κ1) is 24.2. The molecule has 1 aliphatic carbocycles. The lowest BCUT2D eigenvalue weighted by atomic mass is 9.78. The number of carboxylic acid groups (broad SMARTS) is 1. The standard InChI is InChI=1S/C22H35F3O4/c1-3-4-13-21(2,22(23,24)25)19(26)12-10-15-9-11-18-17(15)14-16(29-18)7-5-6-8-20(27)28/h10,12,15-19,26H,3-9,11,13-14H2,1-2H3,(H,27,28)/t15-,16+,17-,18+,19-,21-/m1/s1. The summed E-state index contributed by atoms with van der Waals surface area (Å²) in [6.07, 6.45) is 3.37. The molecule has 0 spiro atoms. The van der Waals surface area contributed by atoms with E-state index in [2.05, 4.69) is 0 Å². The van der Waals surface area contributed by atoms with E-state index >= 15 is 0 Å². The molecule has 1 heterocycles. The third-order valence-corrected chi connectivity index (χ3v) is 6.77. The Bertz CT molecular complexity index is 563. The number of halogens is 3. The van der Waals surface area contributed by atoms with Crippen molar-refractivity contribution in [1.29, 1.82) is 0 Å². The van der Waals surface area contributed by atoms with Gasteiger partial charge >= 0.3 is 12.1 Å². The average molecular weight is 421 g/mol. The number of aliphatic carboxylic acids is 1. The molecule has 2 fully saturated rings. The van der Waals surface area contributed by atoms with Gasteiger partial charge in [0.2, 0.25) is 0 Å². The van der Waals surface area contributed by atoms with Crippen molar-refractivity contribution in [2.45, 2.75) is 103 Å². The Morgan fingerprint density at radius 3 is 2.59 bits per heavy atom. The minimum Gasteiger partial charge on any atom is -0.481 e. The van der Waals surface area contributed by atoms with Crippen molar-refractivity contribution < 1.29 is 32.9 Å². The number of carboxylic acids is 1. The van der Waals surface area contributed by atoms with Gasteiger partial charge in [-0.3, -0.25) is 4.79 Å². The van der Waals surface area contributed by atoms with Crippen LogP contribution in [0.3, 0.4) is 0 Å². The predicted octanol–water partition coefficient (Wildman–Crippen LogP) is 5.49. The molecule has 168 valence electrons. The van der Waals surface area contributed by atoms with Gasteiger partial charge in [0.15, 0.2) is 0 Å². The van der Waals surface area contributed by atoms with Crippen LogP contribution in [0.4, 0.5) is 13.2 Å². The van der Waals surface area contributed by atoms with E-state index in [1.807, 2.05) is 6.92 Å². The van der Waals surface area contributed by atoms with E-state index in [1.165, 1.54) is 6.08 Å². The van der Waals surface area contributed by atoms with Gasteiger partial charge < -0.3 is 14.9 Å². The molecule has 1 saturated heterocycles. The lowest BCUT2D eigenvalue weighted by Gasteiger charge is -2.35. The highest BCUT2D eigenvalue weighted by atomic mass is 19.4. The third-order valence-electron chi connectivity index (χ3n) is 6.77. The number of allylic oxidation sites excluding steroid dienone is 1. The quantitative estimate of drug-likeness (QED) is 0.343. The van der Waals surface area contributed by atoms with E-state index in [0.717, 1.165) is 39.0 Å². The van der Waals surface area contributed by atoms with Crippen molar-refractivity contribution >= 4 is 5.97 Å². The number of carbonyl (C=O) groups is 1.